The highest BCUT2D eigenvalue weighted by Gasteiger charge is 2.13. The molecule has 0 fully saturated rings. The maximum absolute atomic E-state index is 11.1. The summed E-state index contributed by atoms with van der Waals surface area (Å²) in [6, 6.07) is 7.56. The van der Waals surface area contributed by atoms with Crippen molar-refractivity contribution in [3.8, 4) is 6.07 Å². The summed E-state index contributed by atoms with van der Waals surface area (Å²) in [6.45, 7) is 7.07. The molecule has 0 saturated carbocycles. The van der Waals surface area contributed by atoms with E-state index in [1.807, 2.05) is 24.0 Å². The number of carbonyl (C=O) groups excluding carboxylic acids is 1. The fraction of sp³-hybridized carbons (Fsp3) is 0.429. The Hall–Kier alpha value is -2.02. The number of primary amides is 1. The van der Waals surface area contributed by atoms with Crippen LogP contribution in [0.15, 0.2) is 18.2 Å². The number of nitriles is 1. The molecule has 0 aromatic heterocycles. The number of amides is 1. The van der Waals surface area contributed by atoms with Crippen LogP contribution in [0, 0.1) is 24.2 Å². The lowest BCUT2D eigenvalue weighted by Crippen LogP contribution is -2.36. The Labute approximate surface area is 108 Å². The van der Waals surface area contributed by atoms with Gasteiger partial charge in [0, 0.05) is 12.2 Å². The van der Waals surface area contributed by atoms with E-state index in [0.29, 0.717) is 11.5 Å². The zero-order chi connectivity index (χ0) is 13.7. The van der Waals surface area contributed by atoms with Crippen LogP contribution in [0.1, 0.15) is 25.0 Å². The summed E-state index contributed by atoms with van der Waals surface area (Å²) in [5, 5.41) is 8.84. The van der Waals surface area contributed by atoms with Crippen molar-refractivity contribution in [1.29, 1.82) is 5.26 Å². The molecule has 0 saturated heterocycles. The average Bonchev–Trinajstić information content (AvgIpc) is 2.26. The van der Waals surface area contributed by atoms with Gasteiger partial charge in [0.15, 0.2) is 0 Å². The summed E-state index contributed by atoms with van der Waals surface area (Å²) in [4.78, 5) is 13.1. The van der Waals surface area contributed by atoms with Crippen molar-refractivity contribution in [3.63, 3.8) is 0 Å². The van der Waals surface area contributed by atoms with Crippen LogP contribution in [0.25, 0.3) is 0 Å². The third-order valence-electron chi connectivity index (χ3n) is 2.60. The van der Waals surface area contributed by atoms with Gasteiger partial charge in [0.1, 0.15) is 0 Å². The smallest absolute Gasteiger partial charge is 0.236 e. The summed E-state index contributed by atoms with van der Waals surface area (Å²) in [5.74, 6) is 0.0822. The van der Waals surface area contributed by atoms with Gasteiger partial charge < -0.3 is 10.6 Å². The van der Waals surface area contributed by atoms with E-state index in [0.717, 1.165) is 17.8 Å². The molecule has 1 rings (SSSR count). The van der Waals surface area contributed by atoms with Crippen LogP contribution < -0.4 is 10.6 Å². The van der Waals surface area contributed by atoms with Gasteiger partial charge in [0.25, 0.3) is 0 Å². The minimum Gasteiger partial charge on any atom is -0.368 e. The van der Waals surface area contributed by atoms with Gasteiger partial charge in [0.2, 0.25) is 5.91 Å². The van der Waals surface area contributed by atoms with Crippen LogP contribution in [0.4, 0.5) is 5.69 Å². The summed E-state index contributed by atoms with van der Waals surface area (Å²) in [5.41, 5.74) is 7.85. The number of rotatable bonds is 5. The highest BCUT2D eigenvalue weighted by Crippen LogP contribution is 2.22. The Morgan fingerprint density at radius 3 is 2.61 bits per heavy atom. The van der Waals surface area contributed by atoms with E-state index in [1.165, 1.54) is 0 Å². The molecule has 96 valence electrons. The predicted octanol–water partition coefficient (Wildman–Crippen LogP) is 1.81. The fourth-order valence-corrected chi connectivity index (χ4v) is 1.96. The number of aryl methyl sites for hydroxylation is 1. The first-order valence-electron chi connectivity index (χ1n) is 5.98. The van der Waals surface area contributed by atoms with Gasteiger partial charge in [-0.3, -0.25) is 4.79 Å². The molecule has 4 nitrogen and oxygen atoms in total. The quantitative estimate of drug-likeness (QED) is 0.860. The lowest BCUT2D eigenvalue weighted by atomic mass is 10.1. The normalized spacial score (nSPS) is 10.2. The second kappa shape index (κ2) is 6.06. The molecule has 1 aromatic carbocycles. The second-order valence-electron chi connectivity index (χ2n) is 4.85. The Bertz CT molecular complexity index is 474. The molecule has 0 unspecified atom stereocenters. The van der Waals surface area contributed by atoms with Gasteiger partial charge in [-0.1, -0.05) is 13.8 Å². The van der Waals surface area contributed by atoms with Crippen molar-refractivity contribution in [2.24, 2.45) is 11.7 Å². The zero-order valence-electron chi connectivity index (χ0n) is 11.1. The van der Waals surface area contributed by atoms with Crippen LogP contribution >= 0.6 is 0 Å². The van der Waals surface area contributed by atoms with E-state index < -0.39 is 0 Å². The largest absolute Gasteiger partial charge is 0.368 e. The predicted molar refractivity (Wildman–Crippen MR) is 72.1 cm³/mol. The summed E-state index contributed by atoms with van der Waals surface area (Å²) in [6.07, 6.45) is 0. The van der Waals surface area contributed by atoms with Gasteiger partial charge in [-0.05, 0) is 36.6 Å². The number of carbonyl (C=O) groups is 1. The summed E-state index contributed by atoms with van der Waals surface area (Å²) < 4.78 is 0. The maximum atomic E-state index is 11.1. The van der Waals surface area contributed by atoms with Crippen molar-refractivity contribution >= 4 is 11.6 Å². The first-order valence-corrected chi connectivity index (χ1v) is 5.98. The lowest BCUT2D eigenvalue weighted by Gasteiger charge is -2.27. The van der Waals surface area contributed by atoms with Gasteiger partial charge in [0.05, 0.1) is 18.2 Å². The van der Waals surface area contributed by atoms with E-state index in [9.17, 15) is 4.79 Å². The van der Waals surface area contributed by atoms with E-state index in [2.05, 4.69) is 19.9 Å². The Morgan fingerprint density at radius 2 is 2.17 bits per heavy atom. The Morgan fingerprint density at radius 1 is 1.50 bits per heavy atom. The van der Waals surface area contributed by atoms with Crippen LogP contribution in [-0.4, -0.2) is 19.0 Å². The molecule has 0 atom stereocenters. The highest BCUT2D eigenvalue weighted by atomic mass is 16.1. The minimum absolute atomic E-state index is 0.199. The van der Waals surface area contributed by atoms with Crippen molar-refractivity contribution in [1.82, 2.24) is 0 Å². The van der Waals surface area contributed by atoms with Crippen LogP contribution in [0.2, 0.25) is 0 Å². The van der Waals surface area contributed by atoms with Crippen LogP contribution in [-0.2, 0) is 4.79 Å². The first kappa shape index (κ1) is 14.0. The van der Waals surface area contributed by atoms with Gasteiger partial charge in [-0.15, -0.1) is 0 Å². The summed E-state index contributed by atoms with van der Waals surface area (Å²) in [7, 11) is 0. The minimum atomic E-state index is -0.348. The van der Waals surface area contributed by atoms with Crippen molar-refractivity contribution in [2.75, 3.05) is 18.0 Å². The Kier molecular flexibility index (Phi) is 4.73. The van der Waals surface area contributed by atoms with E-state index in [4.69, 9.17) is 11.0 Å². The topological polar surface area (TPSA) is 70.1 Å². The first-order chi connectivity index (χ1) is 8.43. The molecular weight excluding hydrogens is 226 g/mol. The van der Waals surface area contributed by atoms with Gasteiger partial charge >= 0.3 is 0 Å². The molecule has 4 heteroatoms. The molecular formula is C14H19N3O. The van der Waals surface area contributed by atoms with Crippen molar-refractivity contribution in [3.05, 3.63) is 29.3 Å². The molecule has 0 aliphatic carbocycles. The molecule has 0 radical (unpaired) electrons. The Balaban J connectivity index is 3.05. The van der Waals surface area contributed by atoms with Crippen LogP contribution in [0.3, 0.4) is 0 Å². The van der Waals surface area contributed by atoms with Crippen molar-refractivity contribution < 1.29 is 4.79 Å². The van der Waals surface area contributed by atoms with Crippen molar-refractivity contribution in [2.45, 2.75) is 20.8 Å². The number of hydrogen-bond acceptors (Lipinski definition) is 3. The maximum Gasteiger partial charge on any atom is 0.236 e. The molecule has 0 spiro atoms. The molecule has 0 aliphatic heterocycles. The molecule has 1 aromatic rings. The zero-order valence-corrected chi connectivity index (χ0v) is 11.1. The average molecular weight is 245 g/mol. The SMILES string of the molecule is Cc1cc(C#N)ccc1N(CC(N)=O)CC(C)C. The third-order valence-corrected chi connectivity index (χ3v) is 2.60. The number of hydrogen-bond donors (Lipinski definition) is 1. The molecule has 0 heterocycles. The number of anilines is 1. The number of benzene rings is 1. The van der Waals surface area contributed by atoms with Gasteiger partial charge in [-0.2, -0.15) is 5.26 Å². The third kappa shape index (κ3) is 3.77. The molecule has 18 heavy (non-hydrogen) atoms. The van der Waals surface area contributed by atoms with Crippen LogP contribution in [0.5, 0.6) is 0 Å². The van der Waals surface area contributed by atoms with E-state index in [-0.39, 0.29) is 12.5 Å². The standard InChI is InChI=1S/C14H19N3O/c1-10(2)8-17(9-14(16)18)13-5-4-12(7-15)6-11(13)3/h4-6,10H,8-9H2,1-3H3,(H2,16,18). The molecule has 2 N–H and O–H groups in total. The number of nitrogens with zero attached hydrogens (tertiary/aromatic N) is 2. The monoisotopic (exact) mass is 245 g/mol. The highest BCUT2D eigenvalue weighted by molar-refractivity contribution is 5.80. The molecule has 1 amide bonds. The second-order valence-corrected chi connectivity index (χ2v) is 4.85. The molecule has 0 aliphatic rings. The molecule has 0 bridgehead atoms. The van der Waals surface area contributed by atoms with E-state index >= 15 is 0 Å². The number of nitrogens with two attached hydrogens (primary N) is 1. The van der Waals surface area contributed by atoms with Gasteiger partial charge in [-0.25, -0.2) is 0 Å². The fourth-order valence-electron chi connectivity index (χ4n) is 1.96. The lowest BCUT2D eigenvalue weighted by molar-refractivity contribution is -0.116. The summed E-state index contributed by atoms with van der Waals surface area (Å²) >= 11 is 0. The van der Waals surface area contributed by atoms with E-state index in [1.54, 1.807) is 6.07 Å².